The third kappa shape index (κ3) is 3.51. The lowest BCUT2D eigenvalue weighted by atomic mass is 10.00. The van der Waals surface area contributed by atoms with Gasteiger partial charge in [-0.15, -0.1) is 0 Å². The fraction of sp³-hybridized carbons (Fsp3) is 0.130. The van der Waals surface area contributed by atoms with Crippen LogP contribution in [-0.4, -0.2) is 25.6 Å². The molecule has 28 heavy (non-hydrogen) atoms. The highest BCUT2D eigenvalue weighted by molar-refractivity contribution is 6.54. The van der Waals surface area contributed by atoms with Crippen LogP contribution in [0.3, 0.4) is 0 Å². The van der Waals surface area contributed by atoms with Gasteiger partial charge in [-0.05, 0) is 30.3 Å². The first kappa shape index (κ1) is 18.3. The van der Waals surface area contributed by atoms with E-state index in [1.807, 2.05) is 72.8 Å². The van der Waals surface area contributed by atoms with Crippen molar-refractivity contribution in [3.05, 3.63) is 94.5 Å². The van der Waals surface area contributed by atoms with Gasteiger partial charge < -0.3 is 9.47 Å². The summed E-state index contributed by atoms with van der Waals surface area (Å²) in [5, 5.41) is 0.650. The smallest absolute Gasteiger partial charge is 0.168 e. The van der Waals surface area contributed by atoms with Crippen LogP contribution in [0, 0.1) is 0 Å². The highest BCUT2D eigenvalue weighted by Gasteiger charge is 2.26. The summed E-state index contributed by atoms with van der Waals surface area (Å²) in [7, 11) is 3.30. The number of hydrogen-bond acceptors (Lipinski definition) is 4. The van der Waals surface area contributed by atoms with Gasteiger partial charge in [0.05, 0.1) is 25.6 Å². The van der Waals surface area contributed by atoms with E-state index in [0.29, 0.717) is 5.02 Å². The Morgan fingerprint density at radius 3 is 1.75 bits per heavy atom. The summed E-state index contributed by atoms with van der Waals surface area (Å²) in [6.45, 7) is 0. The molecule has 0 saturated heterocycles. The largest absolute Gasteiger partial charge is 0.497 e. The number of benzene rings is 3. The zero-order valence-electron chi connectivity index (χ0n) is 15.6. The molecule has 0 atom stereocenters. The predicted octanol–water partition coefficient (Wildman–Crippen LogP) is 5.35. The quantitative estimate of drug-likeness (QED) is 0.589. The maximum atomic E-state index is 6.41. The lowest BCUT2D eigenvalue weighted by molar-refractivity contribution is 0.414. The number of halogens is 1. The minimum Gasteiger partial charge on any atom is -0.497 e. The third-order valence-electron chi connectivity index (χ3n) is 4.60. The van der Waals surface area contributed by atoms with Crippen molar-refractivity contribution in [3.63, 3.8) is 0 Å². The van der Waals surface area contributed by atoms with Crippen molar-refractivity contribution in [2.45, 2.75) is 6.17 Å². The molecular formula is C23H19ClN2O2. The minimum absolute atomic E-state index is 0.392. The Labute approximate surface area is 169 Å². The van der Waals surface area contributed by atoms with Gasteiger partial charge in [0.2, 0.25) is 0 Å². The fourth-order valence-electron chi connectivity index (χ4n) is 3.18. The molecule has 0 unspecified atom stereocenters. The Kier molecular flexibility index (Phi) is 5.13. The van der Waals surface area contributed by atoms with Crippen molar-refractivity contribution in [1.82, 2.24) is 0 Å². The van der Waals surface area contributed by atoms with E-state index in [4.69, 9.17) is 31.1 Å². The molecule has 0 amide bonds. The van der Waals surface area contributed by atoms with Gasteiger partial charge in [0.15, 0.2) is 6.17 Å². The van der Waals surface area contributed by atoms with E-state index < -0.39 is 6.17 Å². The van der Waals surface area contributed by atoms with Crippen molar-refractivity contribution in [2.75, 3.05) is 14.2 Å². The van der Waals surface area contributed by atoms with Gasteiger partial charge in [0.1, 0.15) is 11.5 Å². The van der Waals surface area contributed by atoms with Crippen molar-refractivity contribution in [1.29, 1.82) is 0 Å². The third-order valence-corrected chi connectivity index (χ3v) is 4.94. The molecule has 3 aromatic carbocycles. The number of ether oxygens (including phenoxy) is 2. The number of methoxy groups -OCH3 is 2. The van der Waals surface area contributed by atoms with E-state index in [1.54, 1.807) is 14.2 Å². The van der Waals surface area contributed by atoms with Gasteiger partial charge in [-0.3, -0.25) is 9.98 Å². The molecular weight excluding hydrogens is 372 g/mol. The van der Waals surface area contributed by atoms with Crippen LogP contribution in [0.1, 0.15) is 22.9 Å². The van der Waals surface area contributed by atoms with Crippen LogP contribution in [0.4, 0.5) is 0 Å². The molecule has 0 aromatic heterocycles. The number of nitrogens with zero attached hydrogens (tertiary/aromatic N) is 2. The Morgan fingerprint density at radius 1 is 0.714 bits per heavy atom. The summed E-state index contributed by atoms with van der Waals surface area (Å²) in [4.78, 5) is 9.82. The van der Waals surface area contributed by atoms with Gasteiger partial charge in [-0.25, -0.2) is 0 Å². The highest BCUT2D eigenvalue weighted by atomic mass is 35.5. The predicted molar refractivity (Wildman–Crippen MR) is 113 cm³/mol. The lowest BCUT2D eigenvalue weighted by Crippen LogP contribution is -2.14. The van der Waals surface area contributed by atoms with Crippen LogP contribution < -0.4 is 9.47 Å². The summed E-state index contributed by atoms with van der Waals surface area (Å²) < 4.78 is 10.8. The van der Waals surface area contributed by atoms with Crippen LogP contribution in [0.5, 0.6) is 11.5 Å². The normalized spacial score (nSPS) is 13.8. The summed E-state index contributed by atoms with van der Waals surface area (Å²) in [6.07, 6.45) is -0.392. The molecule has 0 fully saturated rings. The number of aliphatic imine (C=N–C) groups is 2. The van der Waals surface area contributed by atoms with Gasteiger partial charge in [0.25, 0.3) is 0 Å². The van der Waals surface area contributed by atoms with Gasteiger partial charge in [0, 0.05) is 21.7 Å². The first-order chi connectivity index (χ1) is 13.7. The van der Waals surface area contributed by atoms with Gasteiger partial charge in [-0.1, -0.05) is 54.1 Å². The van der Waals surface area contributed by atoms with Crippen molar-refractivity contribution >= 4 is 23.0 Å². The molecule has 1 aliphatic heterocycles. The van der Waals surface area contributed by atoms with E-state index in [1.165, 1.54) is 0 Å². The molecule has 0 radical (unpaired) electrons. The molecule has 0 N–H and O–H groups in total. The van der Waals surface area contributed by atoms with Crippen molar-refractivity contribution < 1.29 is 9.47 Å². The summed E-state index contributed by atoms with van der Waals surface area (Å²) in [6, 6.07) is 23.3. The van der Waals surface area contributed by atoms with Crippen LogP contribution >= 0.6 is 11.6 Å². The van der Waals surface area contributed by atoms with Gasteiger partial charge >= 0.3 is 0 Å². The van der Waals surface area contributed by atoms with E-state index in [0.717, 1.165) is 39.6 Å². The molecule has 0 bridgehead atoms. The first-order valence-electron chi connectivity index (χ1n) is 8.89. The van der Waals surface area contributed by atoms with Crippen LogP contribution in [0.25, 0.3) is 0 Å². The number of rotatable bonds is 5. The molecule has 4 nitrogen and oxygen atoms in total. The Bertz CT molecular complexity index is 1010. The summed E-state index contributed by atoms with van der Waals surface area (Å²) in [5.41, 5.74) is 4.36. The molecule has 0 saturated carbocycles. The SMILES string of the molecule is COc1cccc(C2=NC(c3ccccc3Cl)N=C2c2cccc(OC)c2)c1. The maximum Gasteiger partial charge on any atom is 0.168 e. The average molecular weight is 391 g/mol. The summed E-state index contributed by atoms with van der Waals surface area (Å²) >= 11 is 6.41. The molecule has 5 heteroatoms. The second-order valence-electron chi connectivity index (χ2n) is 6.31. The zero-order chi connectivity index (χ0) is 19.5. The first-order valence-corrected chi connectivity index (χ1v) is 9.26. The second-order valence-corrected chi connectivity index (χ2v) is 6.72. The van der Waals surface area contributed by atoms with Crippen LogP contribution in [-0.2, 0) is 0 Å². The average Bonchev–Trinajstić information content (AvgIpc) is 3.19. The van der Waals surface area contributed by atoms with Crippen LogP contribution in [0.15, 0.2) is 82.8 Å². The molecule has 1 heterocycles. The van der Waals surface area contributed by atoms with E-state index in [9.17, 15) is 0 Å². The van der Waals surface area contributed by atoms with E-state index >= 15 is 0 Å². The minimum atomic E-state index is -0.392. The van der Waals surface area contributed by atoms with Crippen LogP contribution in [0.2, 0.25) is 5.02 Å². The Morgan fingerprint density at radius 2 is 1.25 bits per heavy atom. The second kappa shape index (κ2) is 7.87. The van der Waals surface area contributed by atoms with E-state index in [-0.39, 0.29) is 0 Å². The lowest BCUT2D eigenvalue weighted by Gasteiger charge is -2.09. The maximum absolute atomic E-state index is 6.41. The highest BCUT2D eigenvalue weighted by Crippen LogP contribution is 2.33. The molecule has 4 rings (SSSR count). The molecule has 3 aromatic rings. The van der Waals surface area contributed by atoms with Crippen molar-refractivity contribution in [2.24, 2.45) is 9.98 Å². The fourth-order valence-corrected chi connectivity index (χ4v) is 3.42. The monoisotopic (exact) mass is 390 g/mol. The van der Waals surface area contributed by atoms with E-state index in [2.05, 4.69) is 0 Å². The molecule has 0 spiro atoms. The van der Waals surface area contributed by atoms with Crippen molar-refractivity contribution in [3.8, 4) is 11.5 Å². The molecule has 0 aliphatic carbocycles. The van der Waals surface area contributed by atoms with Gasteiger partial charge in [-0.2, -0.15) is 0 Å². The standard InChI is InChI=1S/C23H19ClN2O2/c1-27-17-9-5-7-15(13-17)21-22(16-8-6-10-18(14-16)28-2)26-23(25-21)19-11-3-4-12-20(19)24/h3-14,23H,1-2H3. The summed E-state index contributed by atoms with van der Waals surface area (Å²) in [5.74, 6) is 1.54. The zero-order valence-corrected chi connectivity index (χ0v) is 16.4. The topological polar surface area (TPSA) is 43.2 Å². The number of hydrogen-bond donors (Lipinski definition) is 0. The Hall–Kier alpha value is -3.11. The Balaban J connectivity index is 1.85. The molecule has 1 aliphatic rings. The molecule has 140 valence electrons.